The number of hydrogen-bond donors (Lipinski definition) is 1. The molecule has 0 aliphatic heterocycles. The predicted octanol–water partition coefficient (Wildman–Crippen LogP) is 4.45. The Morgan fingerprint density at radius 1 is 1.35 bits per heavy atom. The highest BCUT2D eigenvalue weighted by Crippen LogP contribution is 2.24. The van der Waals surface area contributed by atoms with E-state index in [-0.39, 0.29) is 6.04 Å². The summed E-state index contributed by atoms with van der Waals surface area (Å²) in [5.74, 6) is 0.732. The Balaban J connectivity index is 2.51. The fourth-order valence-corrected chi connectivity index (χ4v) is 2.30. The molecule has 96 valence electrons. The van der Waals surface area contributed by atoms with Crippen LogP contribution >= 0.6 is 15.9 Å². The molecular weight excluding hydrogens is 276 g/mol. The maximum absolute atomic E-state index is 6.22. The summed E-state index contributed by atoms with van der Waals surface area (Å²) in [7, 11) is 0. The standard InChI is InChI=1S/C14H23BrN2/c1-3-5-6-11(4-2)9-13(16)14-8-7-12(15)10-17-14/h7-8,10-11,13H,3-6,9,16H2,1-2H3. The van der Waals surface area contributed by atoms with E-state index in [0.29, 0.717) is 0 Å². The Morgan fingerprint density at radius 2 is 2.12 bits per heavy atom. The third-order valence-corrected chi connectivity index (χ3v) is 3.73. The average molecular weight is 299 g/mol. The Morgan fingerprint density at radius 3 is 2.65 bits per heavy atom. The van der Waals surface area contributed by atoms with Crippen molar-refractivity contribution >= 4 is 15.9 Å². The molecule has 1 aromatic heterocycles. The summed E-state index contributed by atoms with van der Waals surface area (Å²) < 4.78 is 1.01. The van der Waals surface area contributed by atoms with Gasteiger partial charge >= 0.3 is 0 Å². The number of aromatic nitrogens is 1. The van der Waals surface area contributed by atoms with Crippen molar-refractivity contribution in [2.75, 3.05) is 0 Å². The van der Waals surface area contributed by atoms with E-state index in [1.165, 1.54) is 25.7 Å². The van der Waals surface area contributed by atoms with Gasteiger partial charge in [-0.3, -0.25) is 4.98 Å². The fraction of sp³-hybridized carbons (Fsp3) is 0.643. The molecule has 3 heteroatoms. The summed E-state index contributed by atoms with van der Waals surface area (Å²) in [4.78, 5) is 4.37. The zero-order valence-corrected chi connectivity index (χ0v) is 12.4. The molecule has 0 spiro atoms. The minimum atomic E-state index is 0.0740. The van der Waals surface area contributed by atoms with Crippen molar-refractivity contribution < 1.29 is 0 Å². The van der Waals surface area contributed by atoms with Crippen molar-refractivity contribution in [3.63, 3.8) is 0 Å². The first-order valence-electron chi connectivity index (χ1n) is 6.54. The highest BCUT2D eigenvalue weighted by Gasteiger charge is 2.14. The summed E-state index contributed by atoms with van der Waals surface area (Å²) in [5, 5.41) is 0. The van der Waals surface area contributed by atoms with E-state index in [1.54, 1.807) is 0 Å². The van der Waals surface area contributed by atoms with Gasteiger partial charge in [0.05, 0.1) is 5.69 Å². The second-order valence-corrected chi connectivity index (χ2v) is 5.58. The maximum atomic E-state index is 6.22. The molecule has 0 aliphatic carbocycles. The minimum Gasteiger partial charge on any atom is -0.323 e. The predicted molar refractivity (Wildman–Crippen MR) is 76.8 cm³/mol. The van der Waals surface area contributed by atoms with Crippen LogP contribution in [0.2, 0.25) is 0 Å². The third kappa shape index (κ3) is 5.17. The molecule has 0 fully saturated rings. The molecule has 2 atom stereocenters. The van der Waals surface area contributed by atoms with Crippen LogP contribution < -0.4 is 5.73 Å². The Bertz CT molecular complexity index is 311. The van der Waals surface area contributed by atoms with Crippen molar-refractivity contribution in [3.8, 4) is 0 Å². The van der Waals surface area contributed by atoms with Gasteiger partial charge in [-0.15, -0.1) is 0 Å². The topological polar surface area (TPSA) is 38.9 Å². The third-order valence-electron chi connectivity index (χ3n) is 3.26. The molecule has 0 radical (unpaired) electrons. The Kier molecular flexibility index (Phi) is 6.75. The van der Waals surface area contributed by atoms with Crippen LogP contribution in [0.3, 0.4) is 0 Å². The van der Waals surface area contributed by atoms with Gasteiger partial charge in [0.2, 0.25) is 0 Å². The molecule has 0 aliphatic rings. The molecule has 0 aromatic carbocycles. The molecule has 0 saturated heterocycles. The lowest BCUT2D eigenvalue weighted by atomic mass is 9.91. The first-order valence-corrected chi connectivity index (χ1v) is 7.33. The highest BCUT2D eigenvalue weighted by atomic mass is 79.9. The van der Waals surface area contributed by atoms with Crippen LogP contribution in [0.15, 0.2) is 22.8 Å². The van der Waals surface area contributed by atoms with Crippen molar-refractivity contribution in [2.45, 2.75) is 52.0 Å². The number of halogens is 1. The van der Waals surface area contributed by atoms with Crippen LogP contribution in [-0.2, 0) is 0 Å². The lowest BCUT2D eigenvalue weighted by Gasteiger charge is -2.19. The van der Waals surface area contributed by atoms with E-state index in [0.717, 1.165) is 22.5 Å². The van der Waals surface area contributed by atoms with E-state index in [2.05, 4.69) is 34.8 Å². The number of unbranched alkanes of at least 4 members (excludes halogenated alkanes) is 1. The van der Waals surface area contributed by atoms with Crippen LogP contribution in [0.4, 0.5) is 0 Å². The number of pyridine rings is 1. The van der Waals surface area contributed by atoms with Crippen LogP contribution in [-0.4, -0.2) is 4.98 Å². The van der Waals surface area contributed by atoms with Gasteiger partial charge in [0.25, 0.3) is 0 Å². The van der Waals surface area contributed by atoms with Gasteiger partial charge in [-0.25, -0.2) is 0 Å². The van der Waals surface area contributed by atoms with Crippen molar-refractivity contribution in [1.29, 1.82) is 0 Å². The van der Waals surface area contributed by atoms with E-state index in [9.17, 15) is 0 Å². The molecule has 2 unspecified atom stereocenters. The van der Waals surface area contributed by atoms with Crippen molar-refractivity contribution in [3.05, 3.63) is 28.5 Å². The van der Waals surface area contributed by atoms with Gasteiger partial charge in [-0.05, 0) is 40.4 Å². The minimum absolute atomic E-state index is 0.0740. The second kappa shape index (κ2) is 7.83. The molecule has 17 heavy (non-hydrogen) atoms. The largest absolute Gasteiger partial charge is 0.323 e. The molecule has 2 nitrogen and oxygen atoms in total. The van der Waals surface area contributed by atoms with Gasteiger partial charge in [0.15, 0.2) is 0 Å². The lowest BCUT2D eigenvalue weighted by molar-refractivity contribution is 0.385. The first kappa shape index (κ1) is 14.7. The van der Waals surface area contributed by atoms with Gasteiger partial charge in [-0.1, -0.05) is 39.5 Å². The normalized spacial score (nSPS) is 14.6. The van der Waals surface area contributed by atoms with Crippen molar-refractivity contribution in [2.24, 2.45) is 11.7 Å². The van der Waals surface area contributed by atoms with E-state index in [4.69, 9.17) is 5.73 Å². The fourth-order valence-electron chi connectivity index (χ4n) is 2.07. The average Bonchev–Trinajstić information content (AvgIpc) is 2.35. The molecule has 1 heterocycles. The summed E-state index contributed by atoms with van der Waals surface area (Å²) in [6.45, 7) is 4.49. The highest BCUT2D eigenvalue weighted by molar-refractivity contribution is 9.10. The molecular formula is C14H23BrN2. The molecule has 2 N–H and O–H groups in total. The number of nitrogens with zero attached hydrogens (tertiary/aromatic N) is 1. The number of hydrogen-bond acceptors (Lipinski definition) is 2. The monoisotopic (exact) mass is 298 g/mol. The Hall–Kier alpha value is -0.410. The zero-order valence-electron chi connectivity index (χ0n) is 10.8. The molecule has 0 amide bonds. The summed E-state index contributed by atoms with van der Waals surface area (Å²) in [6.07, 6.45) is 7.94. The first-order chi connectivity index (χ1) is 8.17. The number of rotatable bonds is 7. The van der Waals surface area contributed by atoms with Crippen LogP contribution in [0.25, 0.3) is 0 Å². The summed E-state index contributed by atoms with van der Waals surface area (Å²) >= 11 is 3.39. The van der Waals surface area contributed by atoms with E-state index < -0.39 is 0 Å². The second-order valence-electron chi connectivity index (χ2n) is 4.66. The van der Waals surface area contributed by atoms with Crippen LogP contribution in [0, 0.1) is 5.92 Å². The maximum Gasteiger partial charge on any atom is 0.0571 e. The lowest BCUT2D eigenvalue weighted by Crippen LogP contribution is -2.16. The quantitative estimate of drug-likeness (QED) is 0.808. The van der Waals surface area contributed by atoms with Crippen molar-refractivity contribution in [1.82, 2.24) is 4.98 Å². The molecule has 1 rings (SSSR count). The van der Waals surface area contributed by atoms with Crippen LogP contribution in [0.1, 0.15) is 57.7 Å². The van der Waals surface area contributed by atoms with Gasteiger partial charge in [0, 0.05) is 16.7 Å². The zero-order chi connectivity index (χ0) is 12.7. The van der Waals surface area contributed by atoms with Crippen LogP contribution in [0.5, 0.6) is 0 Å². The summed E-state index contributed by atoms with van der Waals surface area (Å²) in [6, 6.07) is 4.10. The SMILES string of the molecule is CCCCC(CC)CC(N)c1ccc(Br)cn1. The van der Waals surface area contributed by atoms with Gasteiger partial charge < -0.3 is 5.73 Å². The van der Waals surface area contributed by atoms with E-state index in [1.807, 2.05) is 18.3 Å². The molecule has 0 saturated carbocycles. The van der Waals surface area contributed by atoms with E-state index >= 15 is 0 Å². The molecule has 0 bridgehead atoms. The van der Waals surface area contributed by atoms with Gasteiger partial charge in [0.1, 0.15) is 0 Å². The smallest absolute Gasteiger partial charge is 0.0571 e. The summed E-state index contributed by atoms with van der Waals surface area (Å²) in [5.41, 5.74) is 7.22. The number of nitrogens with two attached hydrogens (primary N) is 1. The molecule has 1 aromatic rings. The van der Waals surface area contributed by atoms with Gasteiger partial charge in [-0.2, -0.15) is 0 Å². The Labute approximate surface area is 113 Å².